The van der Waals surface area contributed by atoms with Crippen LogP contribution in [0.1, 0.15) is 38.4 Å². The van der Waals surface area contributed by atoms with Crippen molar-refractivity contribution in [3.05, 3.63) is 48.0 Å². The van der Waals surface area contributed by atoms with Crippen LogP contribution in [0.3, 0.4) is 0 Å². The number of benzene rings is 2. The van der Waals surface area contributed by atoms with Crippen LogP contribution in [0, 0.1) is 0 Å². The van der Waals surface area contributed by atoms with Crippen LogP contribution in [0.2, 0.25) is 0 Å². The van der Waals surface area contributed by atoms with E-state index in [9.17, 15) is 4.79 Å². The smallest absolute Gasteiger partial charge is 0.166 e. The van der Waals surface area contributed by atoms with E-state index < -0.39 is 6.10 Å². The largest absolute Gasteiger partial charge is 0.366 e. The molecule has 0 aliphatic carbocycles. The molecule has 19 heavy (non-hydrogen) atoms. The molecule has 0 amide bonds. The summed E-state index contributed by atoms with van der Waals surface area (Å²) in [5, 5.41) is 2.33. The molecule has 0 aliphatic rings. The lowest BCUT2D eigenvalue weighted by molar-refractivity contribution is -0.130. The van der Waals surface area contributed by atoms with Gasteiger partial charge in [0.1, 0.15) is 6.10 Å². The quantitative estimate of drug-likeness (QED) is 0.770. The highest BCUT2D eigenvalue weighted by Crippen LogP contribution is 2.24. The SMILES string of the molecule is CCCC(=O)C(OCC)c1ccc2ccccc2c1. The van der Waals surface area contributed by atoms with Crippen molar-refractivity contribution >= 4 is 16.6 Å². The van der Waals surface area contributed by atoms with E-state index in [4.69, 9.17) is 4.74 Å². The zero-order valence-corrected chi connectivity index (χ0v) is 11.6. The molecule has 2 nitrogen and oxygen atoms in total. The Morgan fingerprint density at radius 2 is 1.84 bits per heavy atom. The van der Waals surface area contributed by atoms with Gasteiger partial charge in [-0.3, -0.25) is 4.79 Å². The van der Waals surface area contributed by atoms with Crippen LogP contribution in [-0.2, 0) is 9.53 Å². The molecule has 0 fully saturated rings. The second-order valence-electron chi connectivity index (χ2n) is 4.66. The van der Waals surface area contributed by atoms with Gasteiger partial charge in [-0.2, -0.15) is 0 Å². The lowest BCUT2D eigenvalue weighted by Crippen LogP contribution is -2.15. The maximum absolute atomic E-state index is 12.1. The van der Waals surface area contributed by atoms with Crippen molar-refractivity contribution in [2.75, 3.05) is 6.61 Å². The van der Waals surface area contributed by atoms with Crippen molar-refractivity contribution < 1.29 is 9.53 Å². The van der Waals surface area contributed by atoms with Gasteiger partial charge in [0, 0.05) is 13.0 Å². The van der Waals surface area contributed by atoms with Crippen molar-refractivity contribution in [1.29, 1.82) is 0 Å². The first kappa shape index (κ1) is 13.8. The van der Waals surface area contributed by atoms with E-state index in [2.05, 4.69) is 24.3 Å². The average Bonchev–Trinajstić information content (AvgIpc) is 2.44. The summed E-state index contributed by atoms with van der Waals surface area (Å²) < 4.78 is 5.64. The number of hydrogen-bond donors (Lipinski definition) is 0. The van der Waals surface area contributed by atoms with Gasteiger partial charge in [0.2, 0.25) is 0 Å². The number of hydrogen-bond acceptors (Lipinski definition) is 2. The number of fused-ring (bicyclic) bond motifs is 1. The molecule has 0 aliphatic heterocycles. The van der Waals surface area contributed by atoms with E-state index >= 15 is 0 Å². The first-order chi connectivity index (χ1) is 9.26. The predicted molar refractivity (Wildman–Crippen MR) is 78.2 cm³/mol. The van der Waals surface area contributed by atoms with Gasteiger partial charge in [-0.25, -0.2) is 0 Å². The fourth-order valence-electron chi connectivity index (χ4n) is 2.29. The average molecular weight is 256 g/mol. The number of Topliss-reactive ketones (excluding diaryl/α,β-unsaturated/α-hetero) is 1. The van der Waals surface area contributed by atoms with Gasteiger partial charge in [0.15, 0.2) is 5.78 Å². The van der Waals surface area contributed by atoms with Gasteiger partial charge >= 0.3 is 0 Å². The number of ether oxygens (including phenoxy) is 1. The lowest BCUT2D eigenvalue weighted by atomic mass is 9.99. The second kappa shape index (κ2) is 6.48. The Hall–Kier alpha value is -1.67. The molecule has 2 aromatic rings. The molecule has 0 N–H and O–H groups in total. The highest BCUT2D eigenvalue weighted by molar-refractivity contribution is 5.88. The molecule has 0 bridgehead atoms. The fraction of sp³-hybridized carbons (Fsp3) is 0.353. The molecule has 0 aromatic heterocycles. The van der Waals surface area contributed by atoms with Crippen LogP contribution in [0.15, 0.2) is 42.5 Å². The second-order valence-corrected chi connectivity index (χ2v) is 4.66. The van der Waals surface area contributed by atoms with Crippen molar-refractivity contribution in [3.8, 4) is 0 Å². The molecule has 2 aromatic carbocycles. The zero-order chi connectivity index (χ0) is 13.7. The molecule has 0 saturated carbocycles. The van der Waals surface area contributed by atoms with E-state index in [1.165, 1.54) is 5.39 Å². The summed E-state index contributed by atoms with van der Waals surface area (Å²) in [6.45, 7) is 4.49. The summed E-state index contributed by atoms with van der Waals surface area (Å²) in [4.78, 5) is 12.1. The molecule has 0 radical (unpaired) electrons. The predicted octanol–water partition coefficient (Wildman–Crippen LogP) is 4.29. The van der Waals surface area contributed by atoms with Crippen molar-refractivity contribution in [3.63, 3.8) is 0 Å². The Morgan fingerprint density at radius 3 is 2.53 bits per heavy atom. The van der Waals surface area contributed by atoms with Crippen LogP contribution in [0.25, 0.3) is 10.8 Å². The molecule has 0 saturated heterocycles. The van der Waals surface area contributed by atoms with Crippen molar-refractivity contribution in [2.45, 2.75) is 32.8 Å². The van der Waals surface area contributed by atoms with Gasteiger partial charge in [-0.15, -0.1) is 0 Å². The van der Waals surface area contributed by atoms with Crippen molar-refractivity contribution in [2.24, 2.45) is 0 Å². The molecule has 2 rings (SSSR count). The van der Waals surface area contributed by atoms with E-state index in [1.807, 2.05) is 32.0 Å². The first-order valence-corrected chi connectivity index (χ1v) is 6.89. The Labute approximate surface area is 114 Å². The molecular formula is C17H20O2. The summed E-state index contributed by atoms with van der Waals surface area (Å²) in [7, 11) is 0. The number of rotatable bonds is 6. The minimum absolute atomic E-state index is 0.166. The molecule has 100 valence electrons. The topological polar surface area (TPSA) is 26.3 Å². The Balaban J connectivity index is 2.35. The summed E-state index contributed by atoms with van der Waals surface area (Å²) in [6.07, 6.45) is 1.00. The van der Waals surface area contributed by atoms with Gasteiger partial charge in [-0.05, 0) is 35.7 Å². The first-order valence-electron chi connectivity index (χ1n) is 6.89. The maximum Gasteiger partial charge on any atom is 0.166 e. The third kappa shape index (κ3) is 3.21. The Bertz CT molecular complexity index is 560. The summed E-state index contributed by atoms with van der Waals surface area (Å²) in [5.41, 5.74) is 0.957. The molecule has 2 heteroatoms. The minimum Gasteiger partial charge on any atom is -0.366 e. The highest BCUT2D eigenvalue weighted by Gasteiger charge is 2.19. The van der Waals surface area contributed by atoms with Crippen molar-refractivity contribution in [1.82, 2.24) is 0 Å². The van der Waals surface area contributed by atoms with E-state index in [0.29, 0.717) is 13.0 Å². The molecule has 0 heterocycles. The highest BCUT2D eigenvalue weighted by atomic mass is 16.5. The Kier molecular flexibility index (Phi) is 4.69. The maximum atomic E-state index is 12.1. The van der Waals surface area contributed by atoms with Gasteiger partial charge in [-0.1, -0.05) is 43.3 Å². The monoisotopic (exact) mass is 256 g/mol. The van der Waals surface area contributed by atoms with Crippen LogP contribution < -0.4 is 0 Å². The van der Waals surface area contributed by atoms with Gasteiger partial charge in [0.05, 0.1) is 0 Å². The molecule has 0 spiro atoms. The van der Waals surface area contributed by atoms with E-state index in [0.717, 1.165) is 17.4 Å². The van der Waals surface area contributed by atoms with Crippen LogP contribution in [0.5, 0.6) is 0 Å². The Morgan fingerprint density at radius 1 is 1.11 bits per heavy atom. The van der Waals surface area contributed by atoms with Gasteiger partial charge < -0.3 is 4.74 Å². The third-order valence-corrected chi connectivity index (χ3v) is 3.20. The van der Waals surface area contributed by atoms with Crippen LogP contribution in [-0.4, -0.2) is 12.4 Å². The number of carbonyl (C=O) groups excluding carboxylic acids is 1. The number of carbonyl (C=O) groups is 1. The normalized spacial score (nSPS) is 12.5. The summed E-state index contributed by atoms with van der Waals surface area (Å²) in [6, 6.07) is 14.3. The molecular weight excluding hydrogens is 236 g/mol. The van der Waals surface area contributed by atoms with E-state index in [-0.39, 0.29) is 5.78 Å². The third-order valence-electron chi connectivity index (χ3n) is 3.20. The van der Waals surface area contributed by atoms with E-state index in [1.54, 1.807) is 0 Å². The summed E-state index contributed by atoms with van der Waals surface area (Å²) in [5.74, 6) is 0.166. The fourth-order valence-corrected chi connectivity index (χ4v) is 2.29. The summed E-state index contributed by atoms with van der Waals surface area (Å²) >= 11 is 0. The lowest BCUT2D eigenvalue weighted by Gasteiger charge is -2.16. The zero-order valence-electron chi connectivity index (χ0n) is 11.6. The van der Waals surface area contributed by atoms with Gasteiger partial charge in [0.25, 0.3) is 0 Å². The van der Waals surface area contributed by atoms with Crippen LogP contribution >= 0.6 is 0 Å². The molecule has 1 unspecified atom stereocenters. The van der Waals surface area contributed by atoms with Crippen LogP contribution in [0.4, 0.5) is 0 Å². The number of ketones is 1. The molecule has 1 atom stereocenters. The standard InChI is InChI=1S/C17H20O2/c1-3-7-16(18)17(19-4-2)15-11-10-13-8-5-6-9-14(13)12-15/h5-6,8-12,17H,3-4,7H2,1-2H3. The minimum atomic E-state index is -0.422.